The van der Waals surface area contributed by atoms with Gasteiger partial charge in [-0.25, -0.2) is 0 Å². The standard InChI is InChI=1S/C16H17N.C13H26N2/c1-12-7-6-9-15(11-12)14(3)17-16-10-5-4-8-13(16)2;1-4-9-15(10-5-2)12(3)13-7-6-8-14-11-13/h4-11H,1-3H3;13-14H,3-11H2,1-2H3. The van der Waals surface area contributed by atoms with E-state index in [1.165, 1.54) is 67.7 Å². The van der Waals surface area contributed by atoms with Crippen molar-refractivity contribution in [1.82, 2.24) is 10.2 Å². The van der Waals surface area contributed by atoms with Gasteiger partial charge in [-0.15, -0.1) is 0 Å². The summed E-state index contributed by atoms with van der Waals surface area (Å²) >= 11 is 0. The third kappa shape index (κ3) is 8.27. The highest BCUT2D eigenvalue weighted by atomic mass is 15.1. The van der Waals surface area contributed by atoms with Crippen LogP contribution in [-0.2, 0) is 0 Å². The van der Waals surface area contributed by atoms with Gasteiger partial charge in [-0.2, -0.15) is 0 Å². The summed E-state index contributed by atoms with van der Waals surface area (Å²) in [7, 11) is 0. The first-order chi connectivity index (χ1) is 15.5. The first-order valence-corrected chi connectivity index (χ1v) is 12.3. The quantitative estimate of drug-likeness (QED) is 0.451. The smallest absolute Gasteiger partial charge is 0.0662 e. The summed E-state index contributed by atoms with van der Waals surface area (Å²) in [6, 6.07) is 16.6. The molecule has 3 heteroatoms. The minimum Gasteiger partial charge on any atom is -0.375 e. The van der Waals surface area contributed by atoms with Crippen molar-refractivity contribution in [3.05, 3.63) is 77.5 Å². The Morgan fingerprint density at radius 1 is 1.06 bits per heavy atom. The SMILES string of the molecule is C=C(C1CCCNC1)N(CCC)CCC.CC(=Nc1ccccc1C)c1cccc(C)c1. The zero-order chi connectivity index (χ0) is 23.3. The maximum Gasteiger partial charge on any atom is 0.0662 e. The van der Waals surface area contributed by atoms with E-state index in [9.17, 15) is 0 Å². The summed E-state index contributed by atoms with van der Waals surface area (Å²) in [5.74, 6) is 0.678. The van der Waals surface area contributed by atoms with Crippen molar-refractivity contribution in [3.8, 4) is 0 Å². The van der Waals surface area contributed by atoms with Crippen LogP contribution in [0, 0.1) is 19.8 Å². The highest BCUT2D eigenvalue weighted by Crippen LogP contribution is 2.22. The number of para-hydroxylation sites is 1. The lowest BCUT2D eigenvalue weighted by Crippen LogP contribution is -2.36. The van der Waals surface area contributed by atoms with Gasteiger partial charge < -0.3 is 10.2 Å². The van der Waals surface area contributed by atoms with E-state index in [2.05, 4.69) is 92.8 Å². The van der Waals surface area contributed by atoms with Gasteiger partial charge in [0.05, 0.1) is 5.69 Å². The van der Waals surface area contributed by atoms with E-state index < -0.39 is 0 Å². The van der Waals surface area contributed by atoms with Crippen molar-refractivity contribution in [2.75, 3.05) is 26.2 Å². The second-order valence-electron chi connectivity index (χ2n) is 8.87. The molecular formula is C29H43N3. The fourth-order valence-corrected chi connectivity index (χ4v) is 4.14. The van der Waals surface area contributed by atoms with E-state index in [0.29, 0.717) is 5.92 Å². The van der Waals surface area contributed by atoms with Crippen molar-refractivity contribution in [2.45, 2.75) is 60.3 Å². The number of hydrogen-bond acceptors (Lipinski definition) is 3. The molecular weight excluding hydrogens is 390 g/mol. The first-order valence-electron chi connectivity index (χ1n) is 12.3. The molecule has 2 aromatic rings. The monoisotopic (exact) mass is 433 g/mol. The molecule has 1 heterocycles. The lowest BCUT2D eigenvalue weighted by atomic mass is 9.95. The number of aliphatic imine (C=N–C) groups is 1. The molecule has 1 fully saturated rings. The lowest BCUT2D eigenvalue weighted by Gasteiger charge is -2.33. The number of hydrogen-bond donors (Lipinski definition) is 1. The van der Waals surface area contributed by atoms with E-state index in [1.807, 2.05) is 12.1 Å². The normalized spacial score (nSPS) is 16.2. The number of nitrogens with zero attached hydrogens (tertiary/aromatic N) is 2. The van der Waals surface area contributed by atoms with Crippen LogP contribution >= 0.6 is 0 Å². The molecule has 1 unspecified atom stereocenters. The van der Waals surface area contributed by atoms with Gasteiger partial charge in [0.15, 0.2) is 0 Å². The Hall–Kier alpha value is -2.39. The van der Waals surface area contributed by atoms with E-state index in [-0.39, 0.29) is 0 Å². The molecule has 1 atom stereocenters. The van der Waals surface area contributed by atoms with Gasteiger partial charge in [-0.3, -0.25) is 4.99 Å². The fraction of sp³-hybridized carbons (Fsp3) is 0.483. The first kappa shape index (κ1) is 25.9. The van der Waals surface area contributed by atoms with Crippen LogP contribution in [0.25, 0.3) is 0 Å². The summed E-state index contributed by atoms with van der Waals surface area (Å²) in [5, 5.41) is 3.47. The van der Waals surface area contributed by atoms with Crippen LogP contribution in [0.5, 0.6) is 0 Å². The Kier molecular flexibility index (Phi) is 11.2. The Morgan fingerprint density at radius 2 is 1.78 bits per heavy atom. The van der Waals surface area contributed by atoms with Crippen LogP contribution < -0.4 is 5.32 Å². The molecule has 3 rings (SSSR count). The van der Waals surface area contributed by atoms with Crippen LogP contribution in [0.2, 0.25) is 0 Å². The Labute approximate surface area is 196 Å². The largest absolute Gasteiger partial charge is 0.375 e. The van der Waals surface area contributed by atoms with Gasteiger partial charge in [0.1, 0.15) is 0 Å². The summed E-state index contributed by atoms with van der Waals surface area (Å²) in [5.41, 5.74) is 7.13. The summed E-state index contributed by atoms with van der Waals surface area (Å²) in [4.78, 5) is 7.17. The molecule has 0 radical (unpaired) electrons. The van der Waals surface area contributed by atoms with Crippen LogP contribution in [0.15, 0.2) is 65.8 Å². The van der Waals surface area contributed by atoms with Crippen molar-refractivity contribution in [3.63, 3.8) is 0 Å². The molecule has 174 valence electrons. The fourth-order valence-electron chi connectivity index (χ4n) is 4.14. The van der Waals surface area contributed by atoms with Crippen LogP contribution in [0.1, 0.15) is 63.1 Å². The van der Waals surface area contributed by atoms with Crippen LogP contribution in [0.4, 0.5) is 5.69 Å². The lowest BCUT2D eigenvalue weighted by molar-refractivity contribution is 0.277. The Bertz CT molecular complexity index is 856. The molecule has 32 heavy (non-hydrogen) atoms. The van der Waals surface area contributed by atoms with Gasteiger partial charge in [0.25, 0.3) is 0 Å². The molecule has 2 aromatic carbocycles. The highest BCUT2D eigenvalue weighted by Gasteiger charge is 2.19. The average Bonchev–Trinajstić information content (AvgIpc) is 2.81. The van der Waals surface area contributed by atoms with Crippen LogP contribution in [0.3, 0.4) is 0 Å². The predicted octanol–water partition coefficient (Wildman–Crippen LogP) is 7.07. The maximum absolute atomic E-state index is 4.69. The van der Waals surface area contributed by atoms with E-state index in [0.717, 1.165) is 17.9 Å². The Balaban J connectivity index is 0.000000229. The molecule has 0 aromatic heterocycles. The number of benzene rings is 2. The third-order valence-electron chi connectivity index (χ3n) is 6.00. The van der Waals surface area contributed by atoms with Crippen molar-refractivity contribution < 1.29 is 0 Å². The minimum absolute atomic E-state index is 0.678. The van der Waals surface area contributed by atoms with Crippen LogP contribution in [-0.4, -0.2) is 36.8 Å². The van der Waals surface area contributed by atoms with Gasteiger partial charge in [-0.05, 0) is 70.2 Å². The van der Waals surface area contributed by atoms with Gasteiger partial charge in [0.2, 0.25) is 0 Å². The zero-order valence-corrected chi connectivity index (χ0v) is 21.0. The molecule has 0 amide bonds. The van der Waals surface area contributed by atoms with Crippen molar-refractivity contribution in [2.24, 2.45) is 10.9 Å². The number of piperidine rings is 1. The van der Waals surface area contributed by atoms with Gasteiger partial charge >= 0.3 is 0 Å². The second kappa shape index (κ2) is 13.9. The minimum atomic E-state index is 0.678. The highest BCUT2D eigenvalue weighted by molar-refractivity contribution is 6.00. The molecule has 0 spiro atoms. The number of nitrogens with one attached hydrogen (secondary N) is 1. The van der Waals surface area contributed by atoms with E-state index >= 15 is 0 Å². The van der Waals surface area contributed by atoms with Crippen molar-refractivity contribution in [1.29, 1.82) is 0 Å². The number of aryl methyl sites for hydroxylation is 2. The van der Waals surface area contributed by atoms with Gasteiger partial charge in [-0.1, -0.05) is 68.5 Å². The van der Waals surface area contributed by atoms with Gasteiger partial charge in [0, 0.05) is 37.0 Å². The second-order valence-corrected chi connectivity index (χ2v) is 8.87. The molecule has 0 saturated carbocycles. The molecule has 1 saturated heterocycles. The number of rotatable bonds is 8. The zero-order valence-electron chi connectivity index (χ0n) is 21.0. The average molecular weight is 434 g/mol. The summed E-state index contributed by atoms with van der Waals surface area (Å²) < 4.78 is 0. The third-order valence-corrected chi connectivity index (χ3v) is 6.00. The van der Waals surface area contributed by atoms with Crippen molar-refractivity contribution >= 4 is 11.4 Å². The summed E-state index contributed by atoms with van der Waals surface area (Å²) in [6.07, 6.45) is 5.06. The molecule has 1 N–H and O–H groups in total. The molecule has 1 aliphatic rings. The molecule has 1 aliphatic heterocycles. The molecule has 0 aliphatic carbocycles. The predicted molar refractivity (Wildman–Crippen MR) is 141 cm³/mol. The summed E-state index contributed by atoms with van der Waals surface area (Å²) in [6.45, 7) is 19.7. The maximum atomic E-state index is 4.69. The van der Waals surface area contributed by atoms with E-state index in [4.69, 9.17) is 0 Å². The topological polar surface area (TPSA) is 27.6 Å². The molecule has 0 bridgehead atoms. The molecule has 3 nitrogen and oxygen atoms in total. The van der Waals surface area contributed by atoms with E-state index in [1.54, 1.807) is 0 Å². The Morgan fingerprint density at radius 3 is 2.38 bits per heavy atom.